The second kappa shape index (κ2) is 9.69. The van der Waals surface area contributed by atoms with Crippen LogP contribution < -0.4 is 10.1 Å². The molecule has 166 valence electrons. The molecule has 0 aliphatic rings. The Morgan fingerprint density at radius 3 is 2.16 bits per heavy atom. The Balaban J connectivity index is 1.86. The highest BCUT2D eigenvalue weighted by Gasteiger charge is 2.27. The zero-order valence-corrected chi connectivity index (χ0v) is 19.1. The summed E-state index contributed by atoms with van der Waals surface area (Å²) in [5, 5.41) is 2.85. The fourth-order valence-corrected chi connectivity index (χ4v) is 3.30. The van der Waals surface area contributed by atoms with Gasteiger partial charge in [-0.2, -0.15) is 0 Å². The van der Waals surface area contributed by atoms with Crippen molar-refractivity contribution in [3.05, 3.63) is 95.1 Å². The minimum atomic E-state index is -1.11. The van der Waals surface area contributed by atoms with Crippen LogP contribution in [0.5, 0.6) is 5.75 Å². The lowest BCUT2D eigenvalue weighted by molar-refractivity contribution is -0.125. The number of hydrogen-bond acceptors (Lipinski definition) is 4. The number of amides is 1. The molecule has 0 saturated heterocycles. The van der Waals surface area contributed by atoms with Gasteiger partial charge in [0.25, 0.3) is 5.91 Å². The first-order valence-corrected chi connectivity index (χ1v) is 10.5. The number of benzene rings is 3. The summed E-state index contributed by atoms with van der Waals surface area (Å²) in [7, 11) is 1.54. The highest BCUT2D eigenvalue weighted by atomic mass is 16.5. The molecule has 5 heteroatoms. The van der Waals surface area contributed by atoms with Crippen molar-refractivity contribution in [2.24, 2.45) is 0 Å². The molecule has 0 saturated carbocycles. The van der Waals surface area contributed by atoms with Crippen LogP contribution in [0.15, 0.2) is 72.8 Å². The Morgan fingerprint density at radius 1 is 0.906 bits per heavy atom. The van der Waals surface area contributed by atoms with Crippen molar-refractivity contribution in [2.45, 2.75) is 39.2 Å². The second-order valence-corrected chi connectivity index (χ2v) is 8.72. The summed E-state index contributed by atoms with van der Waals surface area (Å²) in [5.74, 6) is -0.495. The Hall–Kier alpha value is -3.60. The lowest BCUT2D eigenvalue weighted by Gasteiger charge is -2.20. The van der Waals surface area contributed by atoms with Crippen LogP contribution in [0.3, 0.4) is 0 Å². The summed E-state index contributed by atoms with van der Waals surface area (Å²) in [4.78, 5) is 26.1. The number of hydrogen-bond donors (Lipinski definition) is 1. The van der Waals surface area contributed by atoms with Crippen LogP contribution in [0.1, 0.15) is 53.9 Å². The molecule has 0 unspecified atom stereocenters. The number of rotatable bonds is 6. The standard InChI is InChI=1S/C27H29NO4/c1-18-11-16-23(31-5)22(17-18)28-25(29)24(19-9-7-6-8-10-19)32-26(30)20-12-14-21(15-13-20)27(2,3)4/h6-17,24H,1-5H3,(H,28,29)/t24-/m1/s1. The minimum Gasteiger partial charge on any atom is -0.495 e. The molecule has 1 N–H and O–H groups in total. The van der Waals surface area contributed by atoms with Crippen LogP contribution in [0, 0.1) is 6.92 Å². The molecular weight excluding hydrogens is 402 g/mol. The van der Waals surface area contributed by atoms with Crippen molar-refractivity contribution >= 4 is 17.6 Å². The molecule has 0 aliphatic carbocycles. The van der Waals surface area contributed by atoms with Crippen molar-refractivity contribution in [2.75, 3.05) is 12.4 Å². The molecule has 0 aromatic heterocycles. The van der Waals surface area contributed by atoms with Gasteiger partial charge in [-0.05, 0) is 47.7 Å². The molecular formula is C27H29NO4. The summed E-state index contributed by atoms with van der Waals surface area (Å²) in [6, 6.07) is 21.7. The number of carbonyl (C=O) groups is 2. The molecule has 0 spiro atoms. The lowest BCUT2D eigenvalue weighted by atomic mass is 9.87. The molecule has 0 heterocycles. The fraction of sp³-hybridized carbons (Fsp3) is 0.259. The van der Waals surface area contributed by atoms with Gasteiger partial charge in [0.05, 0.1) is 18.4 Å². The SMILES string of the molecule is COc1ccc(C)cc1NC(=O)[C@H](OC(=O)c1ccc(C(C)(C)C)cc1)c1ccccc1. The van der Waals surface area contributed by atoms with Crippen LogP contribution >= 0.6 is 0 Å². The number of nitrogens with one attached hydrogen (secondary N) is 1. The summed E-state index contributed by atoms with van der Waals surface area (Å²) in [6.07, 6.45) is -1.11. The Morgan fingerprint density at radius 2 is 1.56 bits per heavy atom. The van der Waals surface area contributed by atoms with E-state index < -0.39 is 18.0 Å². The number of ether oxygens (including phenoxy) is 2. The van der Waals surface area contributed by atoms with Gasteiger partial charge in [0.1, 0.15) is 5.75 Å². The number of anilines is 1. The number of methoxy groups -OCH3 is 1. The highest BCUT2D eigenvalue weighted by Crippen LogP contribution is 2.28. The molecule has 3 aromatic rings. The third kappa shape index (κ3) is 5.55. The zero-order valence-electron chi connectivity index (χ0n) is 19.1. The number of aryl methyl sites for hydroxylation is 1. The Bertz CT molecular complexity index is 1080. The van der Waals surface area contributed by atoms with Crippen LogP contribution in [0.4, 0.5) is 5.69 Å². The third-order valence-electron chi connectivity index (χ3n) is 5.16. The van der Waals surface area contributed by atoms with Crippen LogP contribution in [0.2, 0.25) is 0 Å². The van der Waals surface area contributed by atoms with E-state index in [4.69, 9.17) is 9.47 Å². The van der Waals surface area contributed by atoms with Crippen molar-refractivity contribution in [1.29, 1.82) is 0 Å². The monoisotopic (exact) mass is 431 g/mol. The van der Waals surface area contributed by atoms with Gasteiger partial charge in [-0.1, -0.05) is 69.3 Å². The molecule has 3 aromatic carbocycles. The largest absolute Gasteiger partial charge is 0.495 e. The lowest BCUT2D eigenvalue weighted by Crippen LogP contribution is -2.26. The van der Waals surface area contributed by atoms with E-state index in [9.17, 15) is 9.59 Å². The van der Waals surface area contributed by atoms with Crippen molar-refractivity contribution in [3.8, 4) is 5.75 Å². The second-order valence-electron chi connectivity index (χ2n) is 8.72. The third-order valence-corrected chi connectivity index (χ3v) is 5.16. The van der Waals surface area contributed by atoms with Crippen LogP contribution in [0.25, 0.3) is 0 Å². The topological polar surface area (TPSA) is 64.6 Å². The van der Waals surface area contributed by atoms with Crippen LogP contribution in [-0.4, -0.2) is 19.0 Å². The van der Waals surface area contributed by atoms with E-state index >= 15 is 0 Å². The van der Waals surface area contributed by atoms with Crippen molar-refractivity contribution in [3.63, 3.8) is 0 Å². The van der Waals surface area contributed by atoms with Gasteiger partial charge >= 0.3 is 5.97 Å². The number of esters is 1. The van der Waals surface area contributed by atoms with Gasteiger partial charge < -0.3 is 14.8 Å². The maximum absolute atomic E-state index is 13.2. The Kier molecular flexibility index (Phi) is 6.98. The summed E-state index contributed by atoms with van der Waals surface area (Å²) >= 11 is 0. The van der Waals surface area contributed by atoms with Gasteiger partial charge in [-0.3, -0.25) is 4.79 Å². The van der Waals surface area contributed by atoms with E-state index in [-0.39, 0.29) is 5.41 Å². The van der Waals surface area contributed by atoms with Crippen molar-refractivity contribution in [1.82, 2.24) is 0 Å². The first-order chi connectivity index (χ1) is 15.2. The molecule has 0 aliphatic heterocycles. The maximum atomic E-state index is 13.2. The molecule has 0 radical (unpaired) electrons. The van der Waals surface area contributed by atoms with E-state index in [1.165, 1.54) is 7.11 Å². The highest BCUT2D eigenvalue weighted by molar-refractivity contribution is 5.99. The molecule has 3 rings (SSSR count). The average Bonchev–Trinajstić information content (AvgIpc) is 2.77. The summed E-state index contributed by atoms with van der Waals surface area (Å²) in [5.41, 5.74) is 3.54. The van der Waals surface area contributed by atoms with E-state index in [1.807, 2.05) is 37.3 Å². The summed E-state index contributed by atoms with van der Waals surface area (Å²) in [6.45, 7) is 8.24. The van der Waals surface area contributed by atoms with Gasteiger partial charge in [0, 0.05) is 5.56 Å². The van der Waals surface area contributed by atoms with E-state index in [0.717, 1.165) is 11.1 Å². The van der Waals surface area contributed by atoms with Gasteiger partial charge in [0.2, 0.25) is 6.10 Å². The predicted molar refractivity (Wildman–Crippen MR) is 126 cm³/mol. The van der Waals surface area contributed by atoms with Gasteiger partial charge in [-0.25, -0.2) is 4.79 Å². The van der Waals surface area contributed by atoms with Gasteiger partial charge in [0.15, 0.2) is 0 Å². The summed E-state index contributed by atoms with van der Waals surface area (Å²) < 4.78 is 11.0. The molecule has 0 bridgehead atoms. The average molecular weight is 432 g/mol. The van der Waals surface area contributed by atoms with Gasteiger partial charge in [-0.15, -0.1) is 0 Å². The molecule has 1 atom stereocenters. The van der Waals surface area contributed by atoms with E-state index in [2.05, 4.69) is 26.1 Å². The zero-order chi connectivity index (χ0) is 23.3. The first kappa shape index (κ1) is 23.1. The molecule has 0 fully saturated rings. The molecule has 32 heavy (non-hydrogen) atoms. The number of carbonyl (C=O) groups excluding carboxylic acids is 2. The maximum Gasteiger partial charge on any atom is 0.339 e. The smallest absolute Gasteiger partial charge is 0.339 e. The normalized spacial score (nSPS) is 12.0. The molecule has 1 amide bonds. The molecule has 5 nitrogen and oxygen atoms in total. The Labute approximate surface area is 189 Å². The minimum absolute atomic E-state index is 0.0260. The van der Waals surface area contributed by atoms with Crippen molar-refractivity contribution < 1.29 is 19.1 Å². The first-order valence-electron chi connectivity index (χ1n) is 10.5. The van der Waals surface area contributed by atoms with E-state index in [1.54, 1.807) is 42.5 Å². The quantitative estimate of drug-likeness (QED) is 0.498. The fourth-order valence-electron chi connectivity index (χ4n) is 3.30. The van der Waals surface area contributed by atoms with E-state index in [0.29, 0.717) is 22.6 Å². The predicted octanol–water partition coefficient (Wildman–Crippen LogP) is 5.84. The van der Waals surface area contributed by atoms with Crippen LogP contribution in [-0.2, 0) is 14.9 Å².